The molecule has 0 fully saturated rings. The molecule has 0 aliphatic rings. The molecule has 0 aliphatic carbocycles. The van der Waals surface area contributed by atoms with Crippen molar-refractivity contribution in [2.24, 2.45) is 0 Å². The lowest BCUT2D eigenvalue weighted by Gasteiger charge is -2.10. The Morgan fingerprint density at radius 2 is 1.92 bits per heavy atom. The molecule has 1 heterocycles. The van der Waals surface area contributed by atoms with E-state index >= 15 is 0 Å². The number of phenolic OH excluding ortho intramolecular Hbond substituents is 1. The fourth-order valence-corrected chi connectivity index (χ4v) is 2.40. The molecule has 0 aliphatic heterocycles. The molecule has 2 aromatic carbocycles. The average molecular weight is 343 g/mol. The fourth-order valence-electron chi connectivity index (χ4n) is 2.40. The molecule has 0 atom stereocenters. The highest BCUT2D eigenvalue weighted by atomic mass is 19.1. The lowest BCUT2D eigenvalue weighted by molar-refractivity contribution is 0.103. The number of benzene rings is 2. The van der Waals surface area contributed by atoms with Crippen molar-refractivity contribution >= 4 is 22.6 Å². The van der Waals surface area contributed by atoms with Gasteiger partial charge in [0.25, 0.3) is 0 Å². The number of hydrogen-bond donors (Lipinski definition) is 2. The van der Waals surface area contributed by atoms with E-state index in [4.69, 9.17) is 0 Å². The number of aromatic nitrogens is 2. The van der Waals surface area contributed by atoms with Crippen LogP contribution < -0.4 is 5.32 Å². The summed E-state index contributed by atoms with van der Waals surface area (Å²) in [4.78, 5) is 20.9. The SMILES string of the molecule is CC(C)Nc1ncc2cc(C(=O)c3ccc(F)cc3F)c(O)cc2n1. The van der Waals surface area contributed by atoms with E-state index in [1.54, 1.807) is 0 Å². The molecular weight excluding hydrogens is 328 g/mol. The topological polar surface area (TPSA) is 75.1 Å². The number of nitrogens with zero attached hydrogens (tertiary/aromatic N) is 2. The summed E-state index contributed by atoms with van der Waals surface area (Å²) in [6.07, 6.45) is 1.50. The monoisotopic (exact) mass is 343 g/mol. The number of aromatic hydroxyl groups is 1. The zero-order valence-corrected chi connectivity index (χ0v) is 13.5. The molecular formula is C18H15F2N3O2. The molecule has 0 saturated heterocycles. The van der Waals surface area contributed by atoms with E-state index in [0.717, 1.165) is 12.1 Å². The molecule has 0 radical (unpaired) electrons. The van der Waals surface area contributed by atoms with E-state index in [2.05, 4.69) is 15.3 Å². The zero-order valence-electron chi connectivity index (χ0n) is 13.5. The summed E-state index contributed by atoms with van der Waals surface area (Å²) in [5.74, 6) is -2.46. The normalized spacial score (nSPS) is 11.1. The van der Waals surface area contributed by atoms with Crippen molar-refractivity contribution in [3.8, 4) is 5.75 Å². The lowest BCUT2D eigenvalue weighted by atomic mass is 10.0. The van der Waals surface area contributed by atoms with E-state index in [1.165, 1.54) is 18.3 Å². The van der Waals surface area contributed by atoms with Gasteiger partial charge in [-0.2, -0.15) is 0 Å². The van der Waals surface area contributed by atoms with Crippen molar-refractivity contribution in [1.29, 1.82) is 0 Å². The first-order valence-corrected chi connectivity index (χ1v) is 7.61. The number of rotatable bonds is 4. The van der Waals surface area contributed by atoms with Crippen LogP contribution in [-0.2, 0) is 0 Å². The summed E-state index contributed by atoms with van der Waals surface area (Å²) in [5, 5.41) is 13.7. The molecule has 0 bridgehead atoms. The van der Waals surface area contributed by atoms with Gasteiger partial charge in [0.1, 0.15) is 17.4 Å². The number of nitrogens with one attached hydrogen (secondary N) is 1. The Morgan fingerprint density at radius 3 is 2.60 bits per heavy atom. The van der Waals surface area contributed by atoms with Gasteiger partial charge in [-0.05, 0) is 32.0 Å². The molecule has 25 heavy (non-hydrogen) atoms. The Morgan fingerprint density at radius 1 is 1.16 bits per heavy atom. The first kappa shape index (κ1) is 16.8. The number of carbonyl (C=O) groups is 1. The second-order valence-corrected chi connectivity index (χ2v) is 5.87. The van der Waals surface area contributed by atoms with Crippen molar-refractivity contribution in [2.75, 3.05) is 5.32 Å². The van der Waals surface area contributed by atoms with Crippen LogP contribution in [0.15, 0.2) is 36.5 Å². The molecule has 128 valence electrons. The second kappa shape index (κ2) is 6.43. The smallest absolute Gasteiger partial charge is 0.223 e. The fraction of sp³-hybridized carbons (Fsp3) is 0.167. The van der Waals surface area contributed by atoms with Gasteiger partial charge in [0.05, 0.1) is 16.6 Å². The Hall–Kier alpha value is -3.09. The second-order valence-electron chi connectivity index (χ2n) is 5.87. The van der Waals surface area contributed by atoms with Crippen molar-refractivity contribution in [1.82, 2.24) is 9.97 Å². The third-order valence-corrected chi connectivity index (χ3v) is 3.54. The highest BCUT2D eigenvalue weighted by Gasteiger charge is 2.19. The number of anilines is 1. The molecule has 5 nitrogen and oxygen atoms in total. The van der Waals surface area contributed by atoms with E-state index in [9.17, 15) is 18.7 Å². The van der Waals surface area contributed by atoms with Gasteiger partial charge in [0.2, 0.25) is 5.95 Å². The van der Waals surface area contributed by atoms with Crippen LogP contribution in [0.25, 0.3) is 10.9 Å². The number of phenols is 1. The molecule has 7 heteroatoms. The molecule has 2 N–H and O–H groups in total. The Bertz CT molecular complexity index is 974. The summed E-state index contributed by atoms with van der Waals surface area (Å²) in [7, 11) is 0. The van der Waals surface area contributed by atoms with Gasteiger partial charge < -0.3 is 10.4 Å². The standard InChI is InChI=1S/C18H15F2N3O2/c1-9(2)22-18-21-8-10-5-13(16(24)7-15(10)23-18)17(25)12-4-3-11(19)6-14(12)20/h3-9,24H,1-2H3,(H,21,22,23). The number of hydrogen-bond acceptors (Lipinski definition) is 5. The van der Waals surface area contributed by atoms with Crippen molar-refractivity contribution in [2.45, 2.75) is 19.9 Å². The largest absolute Gasteiger partial charge is 0.507 e. The van der Waals surface area contributed by atoms with E-state index in [1.807, 2.05) is 13.8 Å². The molecule has 0 spiro atoms. The van der Waals surface area contributed by atoms with Gasteiger partial charge in [0.15, 0.2) is 5.78 Å². The first-order valence-electron chi connectivity index (χ1n) is 7.61. The molecule has 0 unspecified atom stereocenters. The third kappa shape index (κ3) is 3.40. The lowest BCUT2D eigenvalue weighted by Crippen LogP contribution is -2.12. The van der Waals surface area contributed by atoms with Crippen LogP contribution in [0.1, 0.15) is 29.8 Å². The van der Waals surface area contributed by atoms with Crippen molar-refractivity contribution in [3.63, 3.8) is 0 Å². The minimum atomic E-state index is -0.989. The number of carbonyl (C=O) groups excluding carboxylic acids is 1. The molecule has 0 amide bonds. The molecule has 3 rings (SSSR count). The predicted octanol–water partition coefficient (Wildman–Crippen LogP) is 3.66. The maximum Gasteiger partial charge on any atom is 0.223 e. The summed E-state index contributed by atoms with van der Waals surface area (Å²) >= 11 is 0. The zero-order chi connectivity index (χ0) is 18.1. The number of fused-ring (bicyclic) bond motifs is 1. The summed E-state index contributed by atoms with van der Waals surface area (Å²) in [6.45, 7) is 3.87. The van der Waals surface area contributed by atoms with Crippen LogP contribution in [0, 0.1) is 11.6 Å². The van der Waals surface area contributed by atoms with Crippen LogP contribution in [0.3, 0.4) is 0 Å². The van der Waals surface area contributed by atoms with Gasteiger partial charge in [-0.1, -0.05) is 0 Å². The maximum atomic E-state index is 13.8. The highest BCUT2D eigenvalue weighted by molar-refractivity contribution is 6.12. The van der Waals surface area contributed by atoms with Crippen LogP contribution in [0.5, 0.6) is 5.75 Å². The van der Waals surface area contributed by atoms with Gasteiger partial charge in [-0.15, -0.1) is 0 Å². The van der Waals surface area contributed by atoms with Crippen LogP contribution in [0.2, 0.25) is 0 Å². The number of ketones is 1. The third-order valence-electron chi connectivity index (χ3n) is 3.54. The van der Waals surface area contributed by atoms with Gasteiger partial charge in [-0.3, -0.25) is 4.79 Å². The van der Waals surface area contributed by atoms with E-state index in [-0.39, 0.29) is 22.9 Å². The van der Waals surface area contributed by atoms with Crippen LogP contribution in [0.4, 0.5) is 14.7 Å². The Balaban J connectivity index is 2.04. The molecule has 1 aromatic heterocycles. The minimum absolute atomic E-state index is 0.105. The van der Waals surface area contributed by atoms with E-state index in [0.29, 0.717) is 22.9 Å². The van der Waals surface area contributed by atoms with Crippen molar-refractivity contribution < 1.29 is 18.7 Å². The molecule has 3 aromatic rings. The minimum Gasteiger partial charge on any atom is -0.507 e. The van der Waals surface area contributed by atoms with Crippen molar-refractivity contribution in [3.05, 3.63) is 59.3 Å². The molecule has 0 saturated carbocycles. The first-order chi connectivity index (χ1) is 11.8. The van der Waals surface area contributed by atoms with Crippen LogP contribution in [-0.4, -0.2) is 26.9 Å². The summed E-state index contributed by atoms with van der Waals surface area (Å²) in [5.41, 5.74) is 0.00742. The quantitative estimate of drug-likeness (QED) is 0.707. The predicted molar refractivity (Wildman–Crippen MR) is 89.8 cm³/mol. The van der Waals surface area contributed by atoms with Gasteiger partial charge >= 0.3 is 0 Å². The summed E-state index contributed by atoms with van der Waals surface area (Å²) in [6, 6.07) is 5.49. The Labute approximate surface area is 142 Å². The van der Waals surface area contributed by atoms with E-state index < -0.39 is 17.4 Å². The Kier molecular flexibility index (Phi) is 4.31. The average Bonchev–Trinajstić information content (AvgIpc) is 2.53. The summed E-state index contributed by atoms with van der Waals surface area (Å²) < 4.78 is 26.8. The van der Waals surface area contributed by atoms with Crippen LogP contribution >= 0.6 is 0 Å². The number of halogens is 2. The van der Waals surface area contributed by atoms with Gasteiger partial charge in [-0.25, -0.2) is 18.7 Å². The highest BCUT2D eigenvalue weighted by Crippen LogP contribution is 2.27. The van der Waals surface area contributed by atoms with Gasteiger partial charge in [0, 0.05) is 29.8 Å². The maximum absolute atomic E-state index is 13.8.